The summed E-state index contributed by atoms with van der Waals surface area (Å²) in [5, 5.41) is 15.1. The molecule has 0 aromatic heterocycles. The molecule has 0 saturated carbocycles. The Morgan fingerprint density at radius 3 is 2.75 bits per heavy atom. The predicted molar refractivity (Wildman–Crippen MR) is 95.6 cm³/mol. The van der Waals surface area contributed by atoms with Crippen LogP contribution in [0.2, 0.25) is 5.02 Å². The maximum atomic E-state index is 11.7. The van der Waals surface area contributed by atoms with E-state index >= 15 is 0 Å². The van der Waals surface area contributed by atoms with Crippen LogP contribution in [0, 0.1) is 10.1 Å². The number of nitro groups is 1. The molecule has 0 atom stereocenters. The number of rotatable bonds is 7. The molecule has 0 aliphatic rings. The van der Waals surface area contributed by atoms with Crippen molar-refractivity contribution < 1.29 is 9.72 Å². The molecule has 24 heavy (non-hydrogen) atoms. The van der Waals surface area contributed by atoms with Gasteiger partial charge in [-0.05, 0) is 24.3 Å². The number of amides is 1. The number of nitro benzene ring substituents is 1. The lowest BCUT2D eigenvalue weighted by Gasteiger charge is -2.01. The number of non-ortho nitro benzene ring substituents is 1. The van der Waals surface area contributed by atoms with Crippen LogP contribution in [0.5, 0.6) is 0 Å². The number of hydrazone groups is 1. The molecule has 6 nitrogen and oxygen atoms in total. The fourth-order valence-corrected chi connectivity index (χ4v) is 2.72. The average Bonchev–Trinajstić information content (AvgIpc) is 2.57. The molecule has 8 heteroatoms. The Bertz CT molecular complexity index is 750. The Hall–Kier alpha value is -2.38. The standard InChI is InChI=1S/C16H14ClN3O3S/c17-13-4-6-15(7-5-13)24-9-8-16(21)19-18-11-12-2-1-3-14(10-12)20(22)23/h1-7,10-11H,8-9H2,(H,19,21)/b18-11-. The number of benzene rings is 2. The van der Waals surface area contributed by atoms with Gasteiger partial charge in [0.25, 0.3) is 5.69 Å². The van der Waals surface area contributed by atoms with E-state index in [1.165, 1.54) is 18.3 Å². The van der Waals surface area contributed by atoms with Crippen molar-refractivity contribution in [1.82, 2.24) is 5.43 Å². The minimum absolute atomic E-state index is 0.0235. The van der Waals surface area contributed by atoms with Gasteiger partial charge in [-0.3, -0.25) is 14.9 Å². The lowest BCUT2D eigenvalue weighted by Crippen LogP contribution is -2.17. The van der Waals surface area contributed by atoms with Crippen molar-refractivity contribution in [3.63, 3.8) is 0 Å². The van der Waals surface area contributed by atoms with Crippen molar-refractivity contribution in [2.75, 3.05) is 5.75 Å². The fourth-order valence-electron chi connectivity index (χ4n) is 1.75. The smallest absolute Gasteiger partial charge is 0.270 e. The van der Waals surface area contributed by atoms with Crippen LogP contribution in [-0.2, 0) is 4.79 Å². The van der Waals surface area contributed by atoms with E-state index in [4.69, 9.17) is 11.6 Å². The third-order valence-electron chi connectivity index (χ3n) is 2.90. The second kappa shape index (κ2) is 9.05. The first kappa shape index (κ1) is 18.0. The van der Waals surface area contributed by atoms with Gasteiger partial charge >= 0.3 is 0 Å². The maximum absolute atomic E-state index is 11.7. The van der Waals surface area contributed by atoms with E-state index in [0.29, 0.717) is 22.8 Å². The number of halogens is 1. The Morgan fingerprint density at radius 2 is 2.04 bits per heavy atom. The Morgan fingerprint density at radius 1 is 1.29 bits per heavy atom. The van der Waals surface area contributed by atoms with Crippen LogP contribution in [0.25, 0.3) is 0 Å². The molecular formula is C16H14ClN3O3S. The van der Waals surface area contributed by atoms with E-state index in [2.05, 4.69) is 10.5 Å². The van der Waals surface area contributed by atoms with Crippen LogP contribution in [-0.4, -0.2) is 22.8 Å². The van der Waals surface area contributed by atoms with Gasteiger partial charge in [0.15, 0.2) is 0 Å². The van der Waals surface area contributed by atoms with Crippen molar-refractivity contribution in [3.8, 4) is 0 Å². The van der Waals surface area contributed by atoms with Crippen molar-refractivity contribution in [1.29, 1.82) is 0 Å². The minimum Gasteiger partial charge on any atom is -0.273 e. The molecule has 0 fully saturated rings. The maximum Gasteiger partial charge on any atom is 0.270 e. The van der Waals surface area contributed by atoms with E-state index in [1.54, 1.807) is 36.0 Å². The highest BCUT2D eigenvalue weighted by Gasteiger charge is 2.04. The van der Waals surface area contributed by atoms with E-state index in [9.17, 15) is 14.9 Å². The number of thioether (sulfide) groups is 1. The van der Waals surface area contributed by atoms with E-state index in [1.807, 2.05) is 12.1 Å². The Kier molecular flexibility index (Phi) is 6.77. The lowest BCUT2D eigenvalue weighted by molar-refractivity contribution is -0.384. The number of nitrogens with zero attached hydrogens (tertiary/aromatic N) is 2. The van der Waals surface area contributed by atoms with E-state index < -0.39 is 4.92 Å². The molecule has 0 unspecified atom stereocenters. The minimum atomic E-state index is -0.482. The van der Waals surface area contributed by atoms with Gasteiger partial charge in [0.2, 0.25) is 5.91 Å². The monoisotopic (exact) mass is 363 g/mol. The third-order valence-corrected chi connectivity index (χ3v) is 4.16. The molecule has 0 spiro atoms. The summed E-state index contributed by atoms with van der Waals surface area (Å²) in [4.78, 5) is 22.9. The molecule has 0 bridgehead atoms. The van der Waals surface area contributed by atoms with E-state index in [0.717, 1.165) is 4.90 Å². The summed E-state index contributed by atoms with van der Waals surface area (Å²) in [6.07, 6.45) is 1.68. The fraction of sp³-hybridized carbons (Fsp3) is 0.125. The quantitative estimate of drug-likeness (QED) is 0.350. The molecule has 2 aromatic rings. The molecule has 0 heterocycles. The van der Waals surface area contributed by atoms with Gasteiger partial charge in [0, 0.05) is 39.8 Å². The lowest BCUT2D eigenvalue weighted by atomic mass is 10.2. The highest BCUT2D eigenvalue weighted by Crippen LogP contribution is 2.20. The van der Waals surface area contributed by atoms with Crippen LogP contribution in [0.4, 0.5) is 5.69 Å². The van der Waals surface area contributed by atoms with Gasteiger partial charge in [-0.2, -0.15) is 5.10 Å². The number of nitrogens with one attached hydrogen (secondary N) is 1. The highest BCUT2D eigenvalue weighted by molar-refractivity contribution is 7.99. The SMILES string of the molecule is O=C(CCSc1ccc(Cl)cc1)N/N=C\c1cccc([N+](=O)[O-])c1. The van der Waals surface area contributed by atoms with Crippen molar-refractivity contribution in [2.45, 2.75) is 11.3 Å². The molecule has 0 saturated heterocycles. The molecule has 1 N–H and O–H groups in total. The normalized spacial score (nSPS) is 10.7. The Labute approximate surface area is 148 Å². The molecule has 1 amide bonds. The molecule has 0 radical (unpaired) electrons. The van der Waals surface area contributed by atoms with Gasteiger partial charge < -0.3 is 0 Å². The van der Waals surface area contributed by atoms with Crippen LogP contribution in [0.15, 0.2) is 58.5 Å². The summed E-state index contributed by atoms with van der Waals surface area (Å²) in [5.41, 5.74) is 2.92. The Balaban J connectivity index is 1.75. The second-order valence-electron chi connectivity index (χ2n) is 4.70. The van der Waals surface area contributed by atoms with Crippen LogP contribution in [0.1, 0.15) is 12.0 Å². The van der Waals surface area contributed by atoms with Crippen LogP contribution in [0.3, 0.4) is 0 Å². The van der Waals surface area contributed by atoms with Crippen molar-refractivity contribution in [3.05, 3.63) is 69.2 Å². The molecule has 2 rings (SSSR count). The number of carbonyl (C=O) groups excluding carboxylic acids is 1. The molecule has 2 aromatic carbocycles. The summed E-state index contributed by atoms with van der Waals surface area (Å²) in [6, 6.07) is 13.4. The van der Waals surface area contributed by atoms with Crippen LogP contribution >= 0.6 is 23.4 Å². The first-order valence-electron chi connectivity index (χ1n) is 6.99. The molecule has 124 valence electrons. The third kappa shape index (κ3) is 6.02. The van der Waals surface area contributed by atoms with Crippen molar-refractivity contribution in [2.24, 2.45) is 5.10 Å². The van der Waals surface area contributed by atoms with Gasteiger partial charge in [-0.25, -0.2) is 5.43 Å². The van der Waals surface area contributed by atoms with E-state index in [-0.39, 0.29) is 11.6 Å². The first-order chi connectivity index (χ1) is 11.5. The van der Waals surface area contributed by atoms with Gasteiger partial charge in [-0.1, -0.05) is 23.7 Å². The zero-order valence-corrected chi connectivity index (χ0v) is 14.1. The summed E-state index contributed by atoms with van der Waals surface area (Å²) in [7, 11) is 0. The second-order valence-corrected chi connectivity index (χ2v) is 6.30. The van der Waals surface area contributed by atoms with Crippen molar-refractivity contribution >= 4 is 41.2 Å². The topological polar surface area (TPSA) is 84.6 Å². The molecular weight excluding hydrogens is 350 g/mol. The molecule has 0 aliphatic carbocycles. The summed E-state index contributed by atoms with van der Waals surface area (Å²) < 4.78 is 0. The first-order valence-corrected chi connectivity index (χ1v) is 8.35. The zero-order valence-electron chi connectivity index (χ0n) is 12.5. The number of hydrogen-bond donors (Lipinski definition) is 1. The largest absolute Gasteiger partial charge is 0.273 e. The highest BCUT2D eigenvalue weighted by atomic mass is 35.5. The zero-order chi connectivity index (χ0) is 17.4. The van der Waals surface area contributed by atoms with Crippen LogP contribution < -0.4 is 5.43 Å². The summed E-state index contributed by atoms with van der Waals surface area (Å²) in [5.74, 6) is 0.387. The number of hydrogen-bond acceptors (Lipinski definition) is 5. The summed E-state index contributed by atoms with van der Waals surface area (Å²) >= 11 is 7.35. The average molecular weight is 364 g/mol. The van der Waals surface area contributed by atoms with Gasteiger partial charge in [-0.15, -0.1) is 11.8 Å². The number of carbonyl (C=O) groups is 1. The molecule has 0 aliphatic heterocycles. The predicted octanol–water partition coefficient (Wildman–Crippen LogP) is 3.88. The van der Waals surface area contributed by atoms with Gasteiger partial charge in [0.1, 0.15) is 0 Å². The summed E-state index contributed by atoms with van der Waals surface area (Å²) in [6.45, 7) is 0. The van der Waals surface area contributed by atoms with Gasteiger partial charge in [0.05, 0.1) is 11.1 Å².